The third-order valence-corrected chi connectivity index (χ3v) is 6.17. The minimum Gasteiger partial charge on any atom is -0.494 e. The monoisotopic (exact) mass is 548 g/mol. The Labute approximate surface area is 223 Å². The number of pyridine rings is 1. The van der Waals surface area contributed by atoms with E-state index in [-0.39, 0.29) is 40.0 Å². The van der Waals surface area contributed by atoms with Crippen LogP contribution in [0, 0.1) is 6.92 Å². The fourth-order valence-electron chi connectivity index (χ4n) is 3.93. The third kappa shape index (κ3) is 5.98. The Balaban J connectivity index is 2.75. The van der Waals surface area contributed by atoms with Crippen LogP contribution in [0.4, 0.5) is 0 Å². The average molecular weight is 549 g/mol. The van der Waals surface area contributed by atoms with Gasteiger partial charge in [-0.2, -0.15) is 0 Å². The van der Waals surface area contributed by atoms with Crippen molar-refractivity contribution in [1.82, 2.24) is 19.3 Å². The zero-order chi connectivity index (χ0) is 29.6. The van der Waals surface area contributed by atoms with E-state index in [0.29, 0.717) is 4.90 Å². The maximum Gasteiger partial charge on any atom is 0.266 e. The molecule has 5 N–H and O–H groups in total. The second-order valence-electron chi connectivity index (χ2n) is 8.63. The lowest BCUT2D eigenvalue weighted by Crippen LogP contribution is -2.48. The van der Waals surface area contributed by atoms with Gasteiger partial charge >= 0.3 is 0 Å². The number of rotatable bonds is 10. The van der Waals surface area contributed by atoms with Crippen molar-refractivity contribution in [1.29, 1.82) is 0 Å². The standard InChI is InChI=1S/C25H32N4O10/c1-14-16(20(34)28(8-10-30)24(38)18(14)22(36)26(3)12-32)6-5-7-17-15(2)19(23(37)27(4)13-33)25(39)29(9-11-31)21(17)35/h5-7,30-33,38H,8-13H2,1-4H3/b6-5?,17-7-. The van der Waals surface area contributed by atoms with Crippen molar-refractivity contribution in [3.8, 4) is 5.88 Å². The summed E-state index contributed by atoms with van der Waals surface area (Å²) in [5.74, 6) is -4.07. The molecule has 0 unspecified atom stereocenters. The van der Waals surface area contributed by atoms with Gasteiger partial charge in [-0.3, -0.25) is 33.4 Å². The number of allylic oxidation sites excluding steroid dienone is 2. The molecule has 1 aromatic heterocycles. The van der Waals surface area contributed by atoms with Crippen LogP contribution in [0.15, 0.2) is 33.7 Å². The molecule has 212 valence electrons. The van der Waals surface area contributed by atoms with E-state index < -0.39 is 68.3 Å². The Bertz CT molecular complexity index is 1320. The molecular weight excluding hydrogens is 516 g/mol. The highest BCUT2D eigenvalue weighted by Gasteiger charge is 2.38. The first-order chi connectivity index (χ1) is 18.4. The van der Waals surface area contributed by atoms with Crippen LogP contribution < -0.4 is 5.56 Å². The smallest absolute Gasteiger partial charge is 0.266 e. The zero-order valence-electron chi connectivity index (χ0n) is 22.0. The van der Waals surface area contributed by atoms with Gasteiger partial charge in [0.2, 0.25) is 5.88 Å². The number of carbonyl (C=O) groups excluding carboxylic acids is 4. The van der Waals surface area contributed by atoms with Crippen LogP contribution >= 0.6 is 0 Å². The van der Waals surface area contributed by atoms with Gasteiger partial charge in [-0.1, -0.05) is 6.08 Å². The number of nitrogens with zero attached hydrogens (tertiary/aromatic N) is 4. The van der Waals surface area contributed by atoms with Crippen LogP contribution in [0.25, 0.3) is 6.08 Å². The second kappa shape index (κ2) is 13.1. The Morgan fingerprint density at radius 3 is 1.97 bits per heavy atom. The van der Waals surface area contributed by atoms with Gasteiger partial charge in [0.25, 0.3) is 29.2 Å². The number of aromatic nitrogens is 1. The molecule has 0 bridgehead atoms. The first-order valence-electron chi connectivity index (χ1n) is 11.8. The molecule has 4 amide bonds. The highest BCUT2D eigenvalue weighted by molar-refractivity contribution is 6.28. The van der Waals surface area contributed by atoms with Crippen LogP contribution in [0.3, 0.4) is 0 Å². The normalized spacial score (nSPS) is 15.1. The fourth-order valence-corrected chi connectivity index (χ4v) is 3.93. The molecule has 1 aliphatic heterocycles. The van der Waals surface area contributed by atoms with E-state index >= 15 is 0 Å². The lowest BCUT2D eigenvalue weighted by atomic mass is 9.93. The van der Waals surface area contributed by atoms with E-state index in [1.165, 1.54) is 46.2 Å². The summed E-state index contributed by atoms with van der Waals surface area (Å²) < 4.78 is 0.790. The number of hydrogen-bond acceptors (Lipinski definition) is 10. The molecule has 0 fully saturated rings. The van der Waals surface area contributed by atoms with E-state index in [4.69, 9.17) is 0 Å². The molecular formula is C25H32N4O10. The van der Waals surface area contributed by atoms with E-state index in [1.54, 1.807) is 0 Å². The molecule has 39 heavy (non-hydrogen) atoms. The summed E-state index contributed by atoms with van der Waals surface area (Å²) in [5, 5.41) is 48.0. The molecule has 0 saturated heterocycles. The summed E-state index contributed by atoms with van der Waals surface area (Å²) in [6, 6.07) is 0. The van der Waals surface area contributed by atoms with Crippen molar-refractivity contribution in [2.24, 2.45) is 0 Å². The Morgan fingerprint density at radius 1 is 0.872 bits per heavy atom. The molecule has 0 radical (unpaired) electrons. The second-order valence-corrected chi connectivity index (χ2v) is 8.63. The van der Waals surface area contributed by atoms with E-state index in [0.717, 1.165) is 14.4 Å². The lowest BCUT2D eigenvalue weighted by Gasteiger charge is -2.29. The average Bonchev–Trinajstić information content (AvgIpc) is 2.91. The largest absolute Gasteiger partial charge is 0.494 e. The lowest BCUT2D eigenvalue weighted by molar-refractivity contribution is -0.143. The Hall–Kier alpha value is -4.11. The summed E-state index contributed by atoms with van der Waals surface area (Å²) in [6.07, 6.45) is 3.77. The maximum absolute atomic E-state index is 13.1. The maximum atomic E-state index is 13.1. The molecule has 1 aliphatic rings. The number of imide groups is 1. The van der Waals surface area contributed by atoms with Gasteiger partial charge in [0, 0.05) is 25.2 Å². The molecule has 1 aromatic rings. The predicted octanol–water partition coefficient (Wildman–Crippen LogP) is -2.10. The van der Waals surface area contributed by atoms with Crippen LogP contribution in [0.2, 0.25) is 0 Å². The molecule has 0 aromatic carbocycles. The van der Waals surface area contributed by atoms with Crippen molar-refractivity contribution in [2.75, 3.05) is 47.3 Å². The molecule has 14 nitrogen and oxygen atoms in total. The summed E-state index contributed by atoms with van der Waals surface area (Å²) >= 11 is 0. The summed E-state index contributed by atoms with van der Waals surface area (Å²) in [7, 11) is 2.53. The number of amides is 4. The van der Waals surface area contributed by atoms with Crippen LogP contribution in [-0.4, -0.2) is 116 Å². The van der Waals surface area contributed by atoms with Gasteiger partial charge < -0.3 is 35.3 Å². The minimum absolute atomic E-state index is 0.00898. The highest BCUT2D eigenvalue weighted by atomic mass is 16.3. The Morgan fingerprint density at radius 2 is 1.44 bits per heavy atom. The van der Waals surface area contributed by atoms with Gasteiger partial charge in [0.05, 0.1) is 26.3 Å². The SMILES string of the molecule is CC1=C(C(=O)N(C)CO)C(=O)N(CCO)C(=O)/C1=C\C=Cc1c(C)c(C(=O)N(C)CO)c(O)n(CCO)c1=O. The molecule has 2 heterocycles. The molecule has 0 atom stereocenters. The quantitative estimate of drug-likeness (QED) is 0.0933. The van der Waals surface area contributed by atoms with Crippen LogP contribution in [0.5, 0.6) is 5.88 Å². The number of hydrogen-bond donors (Lipinski definition) is 5. The van der Waals surface area contributed by atoms with E-state index in [1.807, 2.05) is 0 Å². The highest BCUT2D eigenvalue weighted by Crippen LogP contribution is 2.27. The summed E-state index contributed by atoms with van der Waals surface area (Å²) in [5.41, 5.74) is -1.52. The van der Waals surface area contributed by atoms with Crippen LogP contribution in [-0.2, 0) is 20.9 Å². The van der Waals surface area contributed by atoms with Crippen molar-refractivity contribution in [3.05, 3.63) is 55.9 Å². The van der Waals surface area contributed by atoms with Gasteiger partial charge in [-0.05, 0) is 37.1 Å². The number of β-amino-alcohol motifs (C(OH)–C–C–N with tert-alkyl or cyclic N) is 1. The van der Waals surface area contributed by atoms with Crippen molar-refractivity contribution in [3.63, 3.8) is 0 Å². The van der Waals surface area contributed by atoms with Crippen molar-refractivity contribution >= 4 is 29.7 Å². The number of carbonyl (C=O) groups is 4. The van der Waals surface area contributed by atoms with Crippen LogP contribution in [0.1, 0.15) is 28.4 Å². The summed E-state index contributed by atoms with van der Waals surface area (Å²) in [6.45, 7) is -0.412. The number of aromatic hydroxyl groups is 1. The van der Waals surface area contributed by atoms with Gasteiger partial charge in [-0.25, -0.2) is 0 Å². The van der Waals surface area contributed by atoms with E-state index in [2.05, 4.69) is 0 Å². The number of likely N-dealkylation sites (N-methyl/N-ethyl adjacent to an activating group) is 1. The van der Waals surface area contributed by atoms with Crippen molar-refractivity contribution < 1.29 is 44.7 Å². The molecule has 14 heteroatoms. The number of aliphatic hydroxyl groups excluding tert-OH is 4. The zero-order valence-corrected chi connectivity index (χ0v) is 22.0. The topological polar surface area (TPSA) is 201 Å². The summed E-state index contributed by atoms with van der Waals surface area (Å²) in [4.78, 5) is 66.9. The fraction of sp³-hybridized carbons (Fsp3) is 0.400. The molecule has 0 aliphatic carbocycles. The predicted molar refractivity (Wildman–Crippen MR) is 137 cm³/mol. The first-order valence-corrected chi connectivity index (χ1v) is 11.8. The Kier molecular flexibility index (Phi) is 10.5. The molecule has 0 spiro atoms. The van der Waals surface area contributed by atoms with E-state index in [9.17, 15) is 49.5 Å². The number of aliphatic hydroxyl groups is 4. The molecule has 2 rings (SSSR count). The van der Waals surface area contributed by atoms with Gasteiger partial charge in [0.15, 0.2) is 0 Å². The van der Waals surface area contributed by atoms with Gasteiger partial charge in [0.1, 0.15) is 24.6 Å². The van der Waals surface area contributed by atoms with Crippen molar-refractivity contribution in [2.45, 2.75) is 20.4 Å². The molecule has 0 saturated carbocycles. The first kappa shape index (κ1) is 31.1. The minimum atomic E-state index is -0.935. The van der Waals surface area contributed by atoms with Gasteiger partial charge in [-0.15, -0.1) is 0 Å². The third-order valence-electron chi connectivity index (χ3n) is 6.17.